The lowest BCUT2D eigenvalue weighted by molar-refractivity contribution is 0.0464. The van der Waals surface area contributed by atoms with Gasteiger partial charge in [-0.2, -0.15) is 0 Å². The Hall–Kier alpha value is -3.54. The molecule has 0 spiro atoms. The van der Waals surface area contributed by atoms with Crippen molar-refractivity contribution < 1.29 is 19.1 Å². The number of aryl methyl sites for hydroxylation is 2. The van der Waals surface area contributed by atoms with Crippen LogP contribution in [0.25, 0.3) is 0 Å². The van der Waals surface area contributed by atoms with E-state index in [-0.39, 0.29) is 24.6 Å². The van der Waals surface area contributed by atoms with Crippen LogP contribution in [0.4, 0.5) is 0 Å². The second-order valence-corrected chi connectivity index (χ2v) is 6.67. The average Bonchev–Trinajstić information content (AvgIpc) is 2.74. The number of pyridine rings is 2. The van der Waals surface area contributed by atoms with Crippen LogP contribution in [0.3, 0.4) is 0 Å². The van der Waals surface area contributed by atoms with Crippen LogP contribution < -0.4 is 0 Å². The quantitative estimate of drug-likeness (QED) is 0.589. The van der Waals surface area contributed by atoms with Crippen molar-refractivity contribution in [2.24, 2.45) is 0 Å². The molecule has 0 unspecified atom stereocenters. The van der Waals surface area contributed by atoms with Gasteiger partial charge in [0, 0.05) is 12.4 Å². The molecule has 6 nitrogen and oxygen atoms in total. The maximum Gasteiger partial charge on any atom is 0.357 e. The van der Waals surface area contributed by atoms with Crippen LogP contribution in [-0.2, 0) is 22.7 Å². The monoisotopic (exact) mass is 390 g/mol. The van der Waals surface area contributed by atoms with Gasteiger partial charge in [-0.25, -0.2) is 19.6 Å². The Labute approximate surface area is 169 Å². The number of esters is 2. The number of hydrogen-bond acceptors (Lipinski definition) is 6. The van der Waals surface area contributed by atoms with E-state index in [1.807, 2.05) is 26.8 Å². The Bertz CT molecular complexity index is 938. The SMILES string of the molecule is Cc1cc(C)c(COC(=O)c2ccccn2)c(C)c1COC(=O)c1ccccn1. The first-order chi connectivity index (χ1) is 14.0. The molecule has 3 rings (SSSR count). The van der Waals surface area contributed by atoms with Gasteiger partial charge in [0.05, 0.1) is 0 Å². The van der Waals surface area contributed by atoms with Crippen LogP contribution >= 0.6 is 0 Å². The lowest BCUT2D eigenvalue weighted by Gasteiger charge is -2.17. The standard InChI is InChI=1S/C23H22N2O4/c1-15-12-16(2)19(14-29-23(27)21-9-5-7-11-25-21)17(3)18(15)13-28-22(26)20-8-4-6-10-24-20/h4-12H,13-14H2,1-3H3. The first-order valence-electron chi connectivity index (χ1n) is 9.22. The topological polar surface area (TPSA) is 78.4 Å². The van der Waals surface area contributed by atoms with Crippen molar-refractivity contribution >= 4 is 11.9 Å². The zero-order valence-electron chi connectivity index (χ0n) is 16.6. The number of rotatable bonds is 6. The molecule has 0 N–H and O–H groups in total. The third kappa shape index (κ3) is 4.85. The zero-order chi connectivity index (χ0) is 20.8. The fraction of sp³-hybridized carbons (Fsp3) is 0.217. The Morgan fingerprint density at radius 3 is 1.59 bits per heavy atom. The Morgan fingerprint density at radius 2 is 1.21 bits per heavy atom. The minimum Gasteiger partial charge on any atom is -0.456 e. The van der Waals surface area contributed by atoms with Crippen LogP contribution in [-0.4, -0.2) is 21.9 Å². The van der Waals surface area contributed by atoms with Gasteiger partial charge >= 0.3 is 11.9 Å². The van der Waals surface area contributed by atoms with Crippen molar-refractivity contribution in [2.75, 3.05) is 0 Å². The number of hydrogen-bond donors (Lipinski definition) is 0. The molecule has 3 aromatic rings. The Kier molecular flexibility index (Phi) is 6.34. The van der Waals surface area contributed by atoms with Crippen molar-refractivity contribution in [3.05, 3.63) is 94.1 Å². The second kappa shape index (κ2) is 9.10. The van der Waals surface area contributed by atoms with E-state index in [1.54, 1.807) is 48.8 Å². The molecule has 148 valence electrons. The van der Waals surface area contributed by atoms with Crippen molar-refractivity contribution in [1.82, 2.24) is 9.97 Å². The van der Waals surface area contributed by atoms with Crippen LogP contribution in [0.1, 0.15) is 48.8 Å². The maximum absolute atomic E-state index is 12.2. The molecule has 0 fully saturated rings. The van der Waals surface area contributed by atoms with Gasteiger partial charge in [-0.05, 0) is 72.9 Å². The molecular weight excluding hydrogens is 368 g/mol. The van der Waals surface area contributed by atoms with E-state index in [4.69, 9.17) is 9.47 Å². The molecule has 2 aromatic heterocycles. The van der Waals surface area contributed by atoms with E-state index in [0.717, 1.165) is 27.8 Å². The van der Waals surface area contributed by atoms with Crippen molar-refractivity contribution in [1.29, 1.82) is 0 Å². The molecule has 0 aliphatic carbocycles. The highest BCUT2D eigenvalue weighted by Crippen LogP contribution is 2.24. The van der Waals surface area contributed by atoms with Crippen LogP contribution in [0.15, 0.2) is 54.9 Å². The smallest absolute Gasteiger partial charge is 0.357 e. The zero-order valence-corrected chi connectivity index (χ0v) is 16.6. The molecule has 2 heterocycles. The number of benzene rings is 1. The minimum atomic E-state index is -0.479. The molecule has 1 aromatic carbocycles. The molecule has 29 heavy (non-hydrogen) atoms. The van der Waals surface area contributed by atoms with Gasteiger partial charge < -0.3 is 9.47 Å². The van der Waals surface area contributed by atoms with E-state index < -0.39 is 11.9 Å². The summed E-state index contributed by atoms with van der Waals surface area (Å²) in [5, 5.41) is 0. The second-order valence-electron chi connectivity index (χ2n) is 6.67. The molecule has 0 aliphatic heterocycles. The van der Waals surface area contributed by atoms with Gasteiger partial charge in [-0.15, -0.1) is 0 Å². The van der Waals surface area contributed by atoms with Gasteiger partial charge in [0.15, 0.2) is 0 Å². The first kappa shape index (κ1) is 20.2. The predicted octanol–water partition coefficient (Wildman–Crippen LogP) is 4.12. The van der Waals surface area contributed by atoms with E-state index >= 15 is 0 Å². The van der Waals surface area contributed by atoms with Gasteiger partial charge in [-0.3, -0.25) is 0 Å². The van der Waals surface area contributed by atoms with Crippen molar-refractivity contribution in [2.45, 2.75) is 34.0 Å². The van der Waals surface area contributed by atoms with Crippen LogP contribution in [0, 0.1) is 20.8 Å². The fourth-order valence-corrected chi connectivity index (χ4v) is 3.11. The fourth-order valence-electron chi connectivity index (χ4n) is 3.11. The van der Waals surface area contributed by atoms with E-state index in [0.29, 0.717) is 0 Å². The van der Waals surface area contributed by atoms with E-state index in [2.05, 4.69) is 9.97 Å². The summed E-state index contributed by atoms with van der Waals surface area (Å²) in [6, 6.07) is 12.2. The third-order valence-electron chi connectivity index (χ3n) is 4.73. The van der Waals surface area contributed by atoms with Crippen molar-refractivity contribution in [3.8, 4) is 0 Å². The van der Waals surface area contributed by atoms with E-state index in [9.17, 15) is 9.59 Å². The first-order valence-corrected chi connectivity index (χ1v) is 9.22. The number of nitrogens with zero attached hydrogens (tertiary/aromatic N) is 2. The summed E-state index contributed by atoms with van der Waals surface area (Å²) in [7, 11) is 0. The summed E-state index contributed by atoms with van der Waals surface area (Å²) in [4.78, 5) is 32.4. The highest BCUT2D eigenvalue weighted by Gasteiger charge is 2.16. The van der Waals surface area contributed by atoms with Gasteiger partial charge in [-0.1, -0.05) is 18.2 Å². The van der Waals surface area contributed by atoms with E-state index in [1.165, 1.54) is 0 Å². The van der Waals surface area contributed by atoms with Crippen molar-refractivity contribution in [3.63, 3.8) is 0 Å². The number of ether oxygens (including phenoxy) is 2. The minimum absolute atomic E-state index is 0.120. The number of aromatic nitrogens is 2. The lowest BCUT2D eigenvalue weighted by Crippen LogP contribution is -2.12. The maximum atomic E-state index is 12.2. The van der Waals surface area contributed by atoms with Crippen LogP contribution in [0.5, 0.6) is 0 Å². The molecule has 0 amide bonds. The average molecular weight is 390 g/mol. The molecule has 0 atom stereocenters. The summed E-state index contributed by atoms with van der Waals surface area (Å²) in [6.07, 6.45) is 3.10. The summed E-state index contributed by atoms with van der Waals surface area (Å²) in [5.41, 5.74) is 5.26. The molecule has 0 bridgehead atoms. The number of carbonyl (C=O) groups is 2. The summed E-state index contributed by atoms with van der Waals surface area (Å²) >= 11 is 0. The predicted molar refractivity (Wildman–Crippen MR) is 107 cm³/mol. The molecule has 0 aliphatic rings. The molecule has 6 heteroatoms. The molecule has 0 radical (unpaired) electrons. The highest BCUT2D eigenvalue weighted by atomic mass is 16.5. The summed E-state index contributed by atoms with van der Waals surface area (Å²) in [6.45, 7) is 6.11. The van der Waals surface area contributed by atoms with Crippen LogP contribution in [0.2, 0.25) is 0 Å². The molecular formula is C23H22N2O4. The normalized spacial score (nSPS) is 10.4. The van der Waals surface area contributed by atoms with Gasteiger partial charge in [0.2, 0.25) is 0 Å². The Balaban J connectivity index is 1.74. The lowest BCUT2D eigenvalue weighted by atomic mass is 9.94. The molecule has 0 saturated carbocycles. The van der Waals surface area contributed by atoms with Gasteiger partial charge in [0.1, 0.15) is 24.6 Å². The summed E-state index contributed by atoms with van der Waals surface area (Å²) in [5.74, 6) is -0.957. The van der Waals surface area contributed by atoms with Gasteiger partial charge in [0.25, 0.3) is 0 Å². The highest BCUT2D eigenvalue weighted by molar-refractivity contribution is 5.87. The summed E-state index contributed by atoms with van der Waals surface area (Å²) < 4.78 is 10.9. The number of carbonyl (C=O) groups excluding carboxylic acids is 2. The third-order valence-corrected chi connectivity index (χ3v) is 4.73. The Morgan fingerprint density at radius 1 is 0.759 bits per heavy atom. The molecule has 0 saturated heterocycles. The largest absolute Gasteiger partial charge is 0.456 e.